The van der Waals surface area contributed by atoms with E-state index in [2.05, 4.69) is 20.5 Å². The van der Waals surface area contributed by atoms with Crippen LogP contribution in [0.3, 0.4) is 0 Å². The Morgan fingerprint density at radius 3 is 2.90 bits per heavy atom. The second-order valence-corrected chi connectivity index (χ2v) is 4.61. The number of carbonyl (C=O) groups is 1. The minimum absolute atomic E-state index is 0.211. The Kier molecular flexibility index (Phi) is 3.23. The zero-order valence-corrected chi connectivity index (χ0v) is 11.3. The number of pyridine rings is 2. The van der Waals surface area contributed by atoms with Gasteiger partial charge in [0.05, 0.1) is 6.04 Å². The van der Waals surface area contributed by atoms with Crippen LogP contribution < -0.4 is 10.9 Å². The molecule has 0 bridgehead atoms. The van der Waals surface area contributed by atoms with Gasteiger partial charge in [-0.3, -0.25) is 14.0 Å². The van der Waals surface area contributed by atoms with Crippen molar-refractivity contribution >= 4 is 11.6 Å². The number of aromatic nitrogens is 4. The van der Waals surface area contributed by atoms with E-state index in [1.54, 1.807) is 10.5 Å². The number of hydrogen-bond donors (Lipinski definition) is 2. The van der Waals surface area contributed by atoms with Gasteiger partial charge in [0.25, 0.3) is 5.91 Å². The van der Waals surface area contributed by atoms with Crippen molar-refractivity contribution in [2.24, 2.45) is 0 Å². The normalized spacial score (nSPS) is 12.2. The summed E-state index contributed by atoms with van der Waals surface area (Å²) in [6.45, 7) is 1.81. The number of carbonyl (C=O) groups excluding carboxylic acids is 1. The Morgan fingerprint density at radius 1 is 1.24 bits per heavy atom. The Labute approximate surface area is 119 Å². The number of H-pyrrole nitrogens is 1. The molecule has 1 atom stereocenters. The van der Waals surface area contributed by atoms with Crippen LogP contribution in [-0.2, 0) is 0 Å². The summed E-state index contributed by atoms with van der Waals surface area (Å²) in [5.74, 6) is 0.255. The minimum Gasteiger partial charge on any atom is -0.341 e. The maximum atomic E-state index is 12.1. The molecule has 106 valence electrons. The smallest absolute Gasteiger partial charge is 0.268 e. The molecule has 21 heavy (non-hydrogen) atoms. The highest BCUT2D eigenvalue weighted by molar-refractivity contribution is 5.92. The van der Waals surface area contributed by atoms with Crippen molar-refractivity contribution in [1.82, 2.24) is 24.9 Å². The second-order valence-electron chi connectivity index (χ2n) is 4.61. The lowest BCUT2D eigenvalue weighted by Crippen LogP contribution is -2.29. The first-order chi connectivity index (χ1) is 10.1. The lowest BCUT2D eigenvalue weighted by atomic mass is 10.2. The first-order valence-electron chi connectivity index (χ1n) is 6.45. The fraction of sp³-hybridized carbons (Fsp3) is 0.143. The predicted molar refractivity (Wildman–Crippen MR) is 75.9 cm³/mol. The first kappa shape index (κ1) is 13.0. The van der Waals surface area contributed by atoms with Crippen LogP contribution in [0.4, 0.5) is 0 Å². The predicted octanol–water partition coefficient (Wildman–Crippen LogP) is 0.909. The molecule has 2 N–H and O–H groups in total. The summed E-state index contributed by atoms with van der Waals surface area (Å²) in [6, 6.07) is 9.65. The van der Waals surface area contributed by atoms with E-state index in [1.165, 1.54) is 12.1 Å². The van der Waals surface area contributed by atoms with E-state index in [-0.39, 0.29) is 23.2 Å². The Balaban J connectivity index is 1.84. The molecule has 0 aliphatic rings. The second kappa shape index (κ2) is 5.20. The van der Waals surface area contributed by atoms with E-state index < -0.39 is 0 Å². The van der Waals surface area contributed by atoms with Crippen LogP contribution in [0.5, 0.6) is 0 Å². The molecular weight excluding hydrogens is 270 g/mol. The molecule has 0 saturated carbocycles. The van der Waals surface area contributed by atoms with Gasteiger partial charge in [-0.2, -0.15) is 0 Å². The standard InChI is InChI=1S/C14H13N5O2/c1-9(13-18-17-11-6-2-3-8-19(11)13)15-14(21)10-5-4-7-12(20)16-10/h2-9H,1H3,(H,15,21)(H,16,20). The van der Waals surface area contributed by atoms with Gasteiger partial charge in [-0.05, 0) is 25.1 Å². The van der Waals surface area contributed by atoms with Crippen LogP contribution in [0.2, 0.25) is 0 Å². The molecule has 0 aliphatic carbocycles. The summed E-state index contributed by atoms with van der Waals surface area (Å²) in [5, 5.41) is 10.9. The molecule has 0 radical (unpaired) electrons. The molecule has 3 heterocycles. The lowest BCUT2D eigenvalue weighted by molar-refractivity contribution is 0.0933. The van der Waals surface area contributed by atoms with Crippen molar-refractivity contribution in [3.63, 3.8) is 0 Å². The van der Waals surface area contributed by atoms with E-state index in [0.29, 0.717) is 11.5 Å². The van der Waals surface area contributed by atoms with E-state index in [9.17, 15) is 9.59 Å². The van der Waals surface area contributed by atoms with Crippen LogP contribution in [-0.4, -0.2) is 25.5 Å². The number of amides is 1. The van der Waals surface area contributed by atoms with Gasteiger partial charge in [-0.15, -0.1) is 10.2 Å². The van der Waals surface area contributed by atoms with Gasteiger partial charge in [0, 0.05) is 12.3 Å². The molecule has 0 aromatic carbocycles. The number of fused-ring (bicyclic) bond motifs is 1. The van der Waals surface area contributed by atoms with Crippen molar-refractivity contribution in [3.05, 3.63) is 64.5 Å². The summed E-state index contributed by atoms with van der Waals surface area (Å²) < 4.78 is 1.80. The molecule has 7 nitrogen and oxygen atoms in total. The van der Waals surface area contributed by atoms with Crippen LogP contribution >= 0.6 is 0 Å². The lowest BCUT2D eigenvalue weighted by Gasteiger charge is -2.12. The fourth-order valence-electron chi connectivity index (χ4n) is 2.07. The van der Waals surface area contributed by atoms with Crippen molar-refractivity contribution < 1.29 is 4.79 Å². The highest BCUT2D eigenvalue weighted by Crippen LogP contribution is 2.12. The third-order valence-electron chi connectivity index (χ3n) is 3.09. The number of rotatable bonds is 3. The summed E-state index contributed by atoms with van der Waals surface area (Å²) in [7, 11) is 0. The minimum atomic E-state index is -0.368. The Bertz CT molecular complexity index is 851. The van der Waals surface area contributed by atoms with Gasteiger partial charge in [-0.1, -0.05) is 12.1 Å². The highest BCUT2D eigenvalue weighted by Gasteiger charge is 2.16. The summed E-state index contributed by atoms with van der Waals surface area (Å²) in [4.78, 5) is 25.8. The zero-order chi connectivity index (χ0) is 14.8. The first-order valence-corrected chi connectivity index (χ1v) is 6.45. The van der Waals surface area contributed by atoms with Crippen LogP contribution in [0.15, 0.2) is 47.4 Å². The number of aromatic amines is 1. The van der Waals surface area contributed by atoms with E-state index in [1.807, 2.05) is 31.3 Å². The third-order valence-corrected chi connectivity index (χ3v) is 3.09. The maximum absolute atomic E-state index is 12.1. The van der Waals surface area contributed by atoms with Crippen LogP contribution in [0.1, 0.15) is 29.3 Å². The number of nitrogens with one attached hydrogen (secondary N) is 2. The van der Waals surface area contributed by atoms with Gasteiger partial charge in [0.15, 0.2) is 11.5 Å². The summed E-state index contributed by atoms with van der Waals surface area (Å²) in [6.07, 6.45) is 1.83. The largest absolute Gasteiger partial charge is 0.341 e. The molecule has 1 unspecified atom stereocenters. The number of hydrogen-bond acceptors (Lipinski definition) is 4. The van der Waals surface area contributed by atoms with Gasteiger partial charge in [0.1, 0.15) is 5.69 Å². The van der Waals surface area contributed by atoms with Gasteiger partial charge >= 0.3 is 0 Å². The average molecular weight is 283 g/mol. The van der Waals surface area contributed by atoms with E-state index >= 15 is 0 Å². The highest BCUT2D eigenvalue weighted by atomic mass is 16.2. The fourth-order valence-corrected chi connectivity index (χ4v) is 2.07. The molecule has 1 amide bonds. The van der Waals surface area contributed by atoms with Crippen molar-refractivity contribution in [2.45, 2.75) is 13.0 Å². The average Bonchev–Trinajstić information content (AvgIpc) is 2.91. The monoisotopic (exact) mass is 283 g/mol. The van der Waals surface area contributed by atoms with E-state index in [0.717, 1.165) is 0 Å². The van der Waals surface area contributed by atoms with Crippen molar-refractivity contribution in [3.8, 4) is 0 Å². The molecule has 3 rings (SSSR count). The molecule has 0 aliphatic heterocycles. The molecule has 3 aromatic heterocycles. The maximum Gasteiger partial charge on any atom is 0.268 e. The molecule has 0 saturated heterocycles. The Morgan fingerprint density at radius 2 is 2.10 bits per heavy atom. The molecule has 0 spiro atoms. The number of nitrogens with zero attached hydrogens (tertiary/aromatic N) is 3. The molecule has 7 heteroatoms. The molecule has 3 aromatic rings. The zero-order valence-electron chi connectivity index (χ0n) is 11.3. The van der Waals surface area contributed by atoms with E-state index in [4.69, 9.17) is 0 Å². The van der Waals surface area contributed by atoms with Gasteiger partial charge in [0.2, 0.25) is 5.56 Å². The molecular formula is C14H13N5O2. The Hall–Kier alpha value is -2.96. The topological polar surface area (TPSA) is 92.1 Å². The van der Waals surface area contributed by atoms with Gasteiger partial charge < -0.3 is 10.3 Å². The SMILES string of the molecule is CC(NC(=O)c1cccc(=O)[nH]1)c1nnc2ccccn12. The molecule has 0 fully saturated rings. The summed E-state index contributed by atoms with van der Waals surface area (Å²) >= 11 is 0. The third kappa shape index (κ3) is 2.53. The van der Waals surface area contributed by atoms with Crippen molar-refractivity contribution in [2.75, 3.05) is 0 Å². The van der Waals surface area contributed by atoms with Crippen molar-refractivity contribution in [1.29, 1.82) is 0 Å². The van der Waals surface area contributed by atoms with Crippen LogP contribution in [0, 0.1) is 0 Å². The quantitative estimate of drug-likeness (QED) is 0.747. The van der Waals surface area contributed by atoms with Gasteiger partial charge in [-0.25, -0.2) is 0 Å². The van der Waals surface area contributed by atoms with Crippen LogP contribution in [0.25, 0.3) is 5.65 Å². The summed E-state index contributed by atoms with van der Waals surface area (Å²) in [5.41, 5.74) is 0.605.